The van der Waals surface area contributed by atoms with Gasteiger partial charge >= 0.3 is 0 Å². The molecule has 5 rings (SSSR count). The molecule has 3 nitrogen and oxygen atoms in total. The molecule has 0 aromatic rings. The molecule has 3 heteroatoms. The van der Waals surface area contributed by atoms with Crippen molar-refractivity contribution in [3.8, 4) is 0 Å². The van der Waals surface area contributed by atoms with Crippen LogP contribution >= 0.6 is 0 Å². The zero-order chi connectivity index (χ0) is 20.1. The van der Waals surface area contributed by atoms with Crippen molar-refractivity contribution in [3.05, 3.63) is 12.2 Å². The molecule has 0 amide bonds. The fourth-order valence-corrected chi connectivity index (χ4v) is 8.97. The number of aliphatic hydroxyl groups excluding tert-OH is 1. The monoisotopic (exact) mass is 388 g/mol. The van der Waals surface area contributed by atoms with Gasteiger partial charge in [-0.15, -0.1) is 0 Å². The Labute approximate surface area is 171 Å². The Balaban J connectivity index is 1.57. The van der Waals surface area contributed by atoms with Gasteiger partial charge in [-0.2, -0.15) is 0 Å². The number of allylic oxidation sites excluding steroid dienone is 1. The average molecular weight is 389 g/mol. The van der Waals surface area contributed by atoms with Crippen LogP contribution in [0, 0.1) is 40.4 Å². The van der Waals surface area contributed by atoms with Gasteiger partial charge in [-0.05, 0) is 106 Å². The van der Waals surface area contributed by atoms with Crippen molar-refractivity contribution in [1.82, 2.24) is 0 Å². The molecule has 28 heavy (non-hydrogen) atoms. The highest BCUT2D eigenvalue weighted by molar-refractivity contribution is 5.18. The summed E-state index contributed by atoms with van der Waals surface area (Å²) in [5.74, 6) is 2.57. The molecule has 4 aliphatic carbocycles. The fraction of sp³-hybridized carbons (Fsp3) is 0.920. The molecule has 0 radical (unpaired) electrons. The minimum atomic E-state index is -0.506. The summed E-state index contributed by atoms with van der Waals surface area (Å²) < 4.78 is 13.3. The average Bonchev–Trinajstić information content (AvgIpc) is 3.12. The Morgan fingerprint density at radius 1 is 0.857 bits per heavy atom. The summed E-state index contributed by atoms with van der Waals surface area (Å²) in [6.07, 6.45) is 8.37. The lowest BCUT2D eigenvalue weighted by molar-refractivity contribution is -0.188. The molecule has 158 valence electrons. The van der Waals surface area contributed by atoms with Crippen molar-refractivity contribution in [2.24, 2.45) is 40.4 Å². The van der Waals surface area contributed by atoms with Gasteiger partial charge in [-0.1, -0.05) is 26.0 Å². The number of aliphatic hydroxyl groups is 1. The molecule has 0 aromatic carbocycles. The van der Waals surface area contributed by atoms with Gasteiger partial charge in [0.05, 0.1) is 18.3 Å². The van der Waals surface area contributed by atoms with Crippen LogP contribution in [0.4, 0.5) is 0 Å². The summed E-state index contributed by atoms with van der Waals surface area (Å²) >= 11 is 0. The summed E-state index contributed by atoms with van der Waals surface area (Å²) in [6.45, 7) is 15.9. The van der Waals surface area contributed by atoms with Crippen molar-refractivity contribution in [2.75, 3.05) is 0 Å². The first-order chi connectivity index (χ1) is 13.1. The molecule has 0 unspecified atom stereocenters. The standard InChI is InChI=1S/C25H40O3/c1-14(2)16-7-8-17-20-18(10-12-24(16,17)5)25(6)11-9-15(26)13-19(25)21-22(20)28-23(3,4)27-21/h15-22,26H,1,7-13H2,2-6H3/t15-,16+,17-,18-,19+,20-,21+,22+,24+,25+/m0/s1. The maximum Gasteiger partial charge on any atom is 0.163 e. The Morgan fingerprint density at radius 3 is 2.21 bits per heavy atom. The second-order valence-electron chi connectivity index (χ2n) is 11.9. The van der Waals surface area contributed by atoms with Crippen molar-refractivity contribution in [3.63, 3.8) is 0 Å². The van der Waals surface area contributed by atoms with E-state index in [-0.39, 0.29) is 23.7 Å². The van der Waals surface area contributed by atoms with E-state index >= 15 is 0 Å². The molecule has 1 heterocycles. The maximum absolute atomic E-state index is 10.5. The summed E-state index contributed by atoms with van der Waals surface area (Å²) in [6, 6.07) is 0. The number of hydrogen-bond donors (Lipinski definition) is 1. The first-order valence-corrected chi connectivity index (χ1v) is 11.8. The van der Waals surface area contributed by atoms with Crippen LogP contribution in [0.15, 0.2) is 12.2 Å². The topological polar surface area (TPSA) is 38.7 Å². The quantitative estimate of drug-likeness (QED) is 0.618. The summed E-state index contributed by atoms with van der Waals surface area (Å²) in [4.78, 5) is 0. The largest absolute Gasteiger partial charge is 0.393 e. The van der Waals surface area contributed by atoms with Crippen molar-refractivity contribution >= 4 is 0 Å². The van der Waals surface area contributed by atoms with Gasteiger partial charge in [0.25, 0.3) is 0 Å². The Kier molecular flexibility index (Phi) is 4.25. The molecule has 4 saturated carbocycles. The van der Waals surface area contributed by atoms with E-state index in [1.54, 1.807) is 0 Å². The lowest BCUT2D eigenvalue weighted by Crippen LogP contribution is -2.63. The minimum absolute atomic E-state index is 0.141. The molecule has 10 atom stereocenters. The first-order valence-electron chi connectivity index (χ1n) is 11.8. The first kappa shape index (κ1) is 19.6. The highest BCUT2D eigenvalue weighted by atomic mass is 16.8. The lowest BCUT2D eigenvalue weighted by Gasteiger charge is -2.63. The van der Waals surface area contributed by atoms with Crippen LogP contribution in [-0.4, -0.2) is 29.2 Å². The summed E-state index contributed by atoms with van der Waals surface area (Å²) in [5, 5.41) is 10.5. The van der Waals surface area contributed by atoms with Crippen LogP contribution in [0.5, 0.6) is 0 Å². The number of hydrogen-bond acceptors (Lipinski definition) is 3. The number of ether oxygens (including phenoxy) is 2. The second kappa shape index (κ2) is 6.08. The maximum atomic E-state index is 10.5. The zero-order valence-electron chi connectivity index (χ0n) is 18.5. The Morgan fingerprint density at radius 2 is 1.50 bits per heavy atom. The van der Waals surface area contributed by atoms with E-state index in [0.717, 1.165) is 19.3 Å². The van der Waals surface area contributed by atoms with Crippen LogP contribution in [-0.2, 0) is 9.47 Å². The molecule has 1 saturated heterocycles. The molecule has 0 bridgehead atoms. The van der Waals surface area contributed by atoms with Crippen LogP contribution < -0.4 is 0 Å². The third-order valence-electron chi connectivity index (χ3n) is 10.1. The predicted molar refractivity (Wildman–Crippen MR) is 111 cm³/mol. The third-order valence-corrected chi connectivity index (χ3v) is 10.1. The van der Waals surface area contributed by atoms with E-state index in [0.29, 0.717) is 35.0 Å². The van der Waals surface area contributed by atoms with Crippen molar-refractivity contribution < 1.29 is 14.6 Å². The van der Waals surface area contributed by atoms with Gasteiger partial charge in [0.2, 0.25) is 0 Å². The normalized spacial score (nSPS) is 57.1. The molecule has 1 N–H and O–H groups in total. The molecule has 0 spiro atoms. The van der Waals surface area contributed by atoms with Gasteiger partial charge in [-0.25, -0.2) is 0 Å². The van der Waals surface area contributed by atoms with E-state index in [1.807, 2.05) is 0 Å². The van der Waals surface area contributed by atoms with Crippen molar-refractivity contribution in [1.29, 1.82) is 0 Å². The van der Waals surface area contributed by atoms with Crippen LogP contribution in [0.25, 0.3) is 0 Å². The van der Waals surface area contributed by atoms with E-state index < -0.39 is 5.79 Å². The molecular weight excluding hydrogens is 348 g/mol. The molecule has 1 aliphatic heterocycles. The second-order valence-corrected chi connectivity index (χ2v) is 11.9. The molecule has 0 aromatic heterocycles. The summed E-state index contributed by atoms with van der Waals surface area (Å²) in [5.41, 5.74) is 2.02. The SMILES string of the molecule is C=C(C)[C@H]1CC[C@H]2[C@@H]3[C@H]4OC(C)(C)O[C@@H]4[C@H]4C[C@@H](O)CC[C@]4(C)[C@H]3CC[C@]12C. The van der Waals surface area contributed by atoms with Crippen LogP contribution in [0.3, 0.4) is 0 Å². The Bertz CT molecular complexity index is 671. The smallest absolute Gasteiger partial charge is 0.163 e. The van der Waals surface area contributed by atoms with Gasteiger partial charge in [0.15, 0.2) is 5.79 Å². The van der Waals surface area contributed by atoms with Crippen molar-refractivity contribution in [2.45, 2.75) is 104 Å². The van der Waals surface area contributed by atoms with E-state index in [2.05, 4.69) is 41.2 Å². The third kappa shape index (κ3) is 2.51. The highest BCUT2D eigenvalue weighted by Crippen LogP contribution is 2.69. The van der Waals surface area contributed by atoms with Gasteiger partial charge < -0.3 is 14.6 Å². The van der Waals surface area contributed by atoms with Gasteiger partial charge in [0, 0.05) is 0 Å². The fourth-order valence-electron chi connectivity index (χ4n) is 8.97. The predicted octanol–water partition coefficient (Wildman–Crippen LogP) is 5.32. The van der Waals surface area contributed by atoms with Gasteiger partial charge in [0.1, 0.15) is 0 Å². The Hall–Kier alpha value is -0.380. The lowest BCUT2D eigenvalue weighted by atomic mass is 9.43. The highest BCUT2D eigenvalue weighted by Gasteiger charge is 2.68. The van der Waals surface area contributed by atoms with Crippen LogP contribution in [0.2, 0.25) is 0 Å². The molecule has 5 fully saturated rings. The van der Waals surface area contributed by atoms with E-state index in [4.69, 9.17) is 9.47 Å². The minimum Gasteiger partial charge on any atom is -0.393 e. The molecule has 5 aliphatic rings. The number of fused-ring (bicyclic) bond motifs is 8. The van der Waals surface area contributed by atoms with E-state index in [9.17, 15) is 5.11 Å². The van der Waals surface area contributed by atoms with Crippen LogP contribution in [0.1, 0.15) is 79.6 Å². The number of rotatable bonds is 1. The molecular formula is C25H40O3. The zero-order valence-corrected chi connectivity index (χ0v) is 18.5. The summed E-state index contributed by atoms with van der Waals surface area (Å²) in [7, 11) is 0. The van der Waals surface area contributed by atoms with E-state index in [1.165, 1.54) is 31.3 Å². The van der Waals surface area contributed by atoms with Gasteiger partial charge in [-0.3, -0.25) is 0 Å².